The highest BCUT2D eigenvalue weighted by Gasteiger charge is 2.15. The molecule has 164 valence electrons. The molecule has 2 aromatic carbocycles. The summed E-state index contributed by atoms with van der Waals surface area (Å²) in [4.78, 5) is 30.3. The van der Waals surface area contributed by atoms with Gasteiger partial charge in [0.1, 0.15) is 0 Å². The molecular weight excluding hydrogens is 424 g/mol. The Bertz CT molecular complexity index is 1200. The molecule has 0 saturated heterocycles. The minimum atomic E-state index is -0.262. The number of thiophene rings is 1. The molecule has 0 radical (unpaired) electrons. The number of hydrogen-bond acceptors (Lipinski definition) is 5. The van der Waals surface area contributed by atoms with E-state index in [9.17, 15) is 9.59 Å². The Hall–Kier alpha value is -3.49. The van der Waals surface area contributed by atoms with Crippen molar-refractivity contribution in [2.75, 3.05) is 23.8 Å². The van der Waals surface area contributed by atoms with Crippen LogP contribution in [-0.4, -0.2) is 34.6 Å². The fourth-order valence-electron chi connectivity index (χ4n) is 3.35. The summed E-state index contributed by atoms with van der Waals surface area (Å²) in [5.74, 6) is 0.0724. The van der Waals surface area contributed by atoms with Crippen LogP contribution in [0.25, 0.3) is 11.0 Å². The van der Waals surface area contributed by atoms with Crippen LogP contribution in [0.4, 0.5) is 11.6 Å². The average molecular weight is 449 g/mol. The van der Waals surface area contributed by atoms with Crippen LogP contribution in [0.2, 0.25) is 0 Å². The van der Waals surface area contributed by atoms with E-state index in [0.717, 1.165) is 17.5 Å². The average Bonchev–Trinajstić information content (AvgIpc) is 3.46. The molecule has 0 aliphatic heterocycles. The molecular formula is C24H24N4O3S. The van der Waals surface area contributed by atoms with E-state index in [1.165, 1.54) is 11.3 Å². The Morgan fingerprint density at radius 2 is 1.81 bits per heavy atom. The lowest BCUT2D eigenvalue weighted by atomic mass is 10.2. The van der Waals surface area contributed by atoms with Crippen molar-refractivity contribution in [1.29, 1.82) is 0 Å². The Morgan fingerprint density at radius 1 is 1.00 bits per heavy atom. The molecule has 8 heteroatoms. The van der Waals surface area contributed by atoms with Crippen molar-refractivity contribution in [3.05, 3.63) is 76.5 Å². The number of hydrogen-bond donors (Lipinski definition) is 2. The molecule has 0 bridgehead atoms. The number of imidazole rings is 1. The van der Waals surface area contributed by atoms with Crippen molar-refractivity contribution in [1.82, 2.24) is 9.55 Å². The normalized spacial score (nSPS) is 10.9. The fraction of sp³-hybridized carbons (Fsp3) is 0.208. The number of rotatable bonds is 9. The third-order valence-electron chi connectivity index (χ3n) is 4.90. The lowest BCUT2D eigenvalue weighted by Gasteiger charge is -2.11. The van der Waals surface area contributed by atoms with Gasteiger partial charge >= 0.3 is 0 Å². The molecule has 2 aromatic heterocycles. The third kappa shape index (κ3) is 5.04. The zero-order valence-corrected chi connectivity index (χ0v) is 18.5. The molecule has 32 heavy (non-hydrogen) atoms. The van der Waals surface area contributed by atoms with E-state index in [-0.39, 0.29) is 11.8 Å². The molecule has 2 amide bonds. The van der Waals surface area contributed by atoms with Crippen LogP contribution in [0, 0.1) is 0 Å². The quantitative estimate of drug-likeness (QED) is 0.352. The van der Waals surface area contributed by atoms with Crippen molar-refractivity contribution < 1.29 is 14.3 Å². The minimum absolute atomic E-state index is 0.169. The smallest absolute Gasteiger partial charge is 0.265 e. The molecule has 0 saturated carbocycles. The Labute approximate surface area is 190 Å². The largest absolute Gasteiger partial charge is 0.382 e. The van der Waals surface area contributed by atoms with Crippen molar-refractivity contribution in [3.8, 4) is 0 Å². The zero-order valence-electron chi connectivity index (χ0n) is 17.7. The first-order valence-electron chi connectivity index (χ1n) is 10.4. The Morgan fingerprint density at radius 3 is 2.56 bits per heavy atom. The van der Waals surface area contributed by atoms with Crippen LogP contribution < -0.4 is 10.6 Å². The Balaban J connectivity index is 1.46. The van der Waals surface area contributed by atoms with Crippen LogP contribution in [-0.2, 0) is 11.3 Å². The molecule has 0 unspecified atom stereocenters. The van der Waals surface area contributed by atoms with Crippen LogP contribution in [0.5, 0.6) is 0 Å². The number of amides is 2. The lowest BCUT2D eigenvalue weighted by molar-refractivity contribution is 0.102. The van der Waals surface area contributed by atoms with E-state index in [1.54, 1.807) is 30.3 Å². The fourth-order valence-corrected chi connectivity index (χ4v) is 3.96. The highest BCUT2D eigenvalue weighted by Crippen LogP contribution is 2.21. The summed E-state index contributed by atoms with van der Waals surface area (Å²) < 4.78 is 7.45. The van der Waals surface area contributed by atoms with E-state index in [0.29, 0.717) is 41.8 Å². The van der Waals surface area contributed by atoms with Crippen molar-refractivity contribution in [2.45, 2.75) is 19.9 Å². The Kier molecular flexibility index (Phi) is 6.94. The zero-order chi connectivity index (χ0) is 22.3. The molecule has 0 spiro atoms. The number of ether oxygens (including phenoxy) is 1. The summed E-state index contributed by atoms with van der Waals surface area (Å²) in [6.45, 7) is 3.98. The number of nitrogens with one attached hydrogen (secondary N) is 2. The van der Waals surface area contributed by atoms with Gasteiger partial charge < -0.3 is 14.6 Å². The molecule has 0 aliphatic rings. The number of aromatic nitrogens is 2. The second-order valence-electron chi connectivity index (χ2n) is 7.09. The highest BCUT2D eigenvalue weighted by molar-refractivity contribution is 7.12. The topological polar surface area (TPSA) is 85.2 Å². The number of nitrogens with zero attached hydrogens (tertiary/aromatic N) is 2. The summed E-state index contributed by atoms with van der Waals surface area (Å²) >= 11 is 1.38. The second-order valence-corrected chi connectivity index (χ2v) is 8.04. The predicted molar refractivity (Wildman–Crippen MR) is 128 cm³/mol. The number of aryl methyl sites for hydroxylation is 1. The van der Waals surface area contributed by atoms with E-state index in [1.807, 2.05) is 47.2 Å². The molecule has 7 nitrogen and oxygen atoms in total. The number of anilines is 2. The van der Waals surface area contributed by atoms with E-state index in [2.05, 4.69) is 15.6 Å². The van der Waals surface area contributed by atoms with Crippen LogP contribution >= 0.6 is 11.3 Å². The SMILES string of the molecule is CCOCCCn1c(NC(=O)c2ccc(NC(=O)c3cccs3)cc2)nc2ccccc21. The maximum atomic E-state index is 12.9. The summed E-state index contributed by atoms with van der Waals surface area (Å²) in [6, 6.07) is 18.2. The standard InChI is InChI=1S/C24H24N4O3S/c1-2-31-15-6-14-28-20-8-4-3-7-19(20)26-24(28)27-22(29)17-10-12-18(13-11-17)25-23(30)21-9-5-16-32-21/h3-5,7-13,16H,2,6,14-15H2,1H3,(H,25,30)(H,26,27,29). The summed E-state index contributed by atoms with van der Waals surface area (Å²) in [6.07, 6.45) is 0.815. The second kappa shape index (κ2) is 10.2. The number of carbonyl (C=O) groups excluding carboxylic acids is 2. The van der Waals surface area contributed by atoms with Crippen molar-refractivity contribution in [2.24, 2.45) is 0 Å². The first-order valence-corrected chi connectivity index (χ1v) is 11.3. The minimum Gasteiger partial charge on any atom is -0.382 e. The van der Waals surface area contributed by atoms with Crippen molar-refractivity contribution in [3.63, 3.8) is 0 Å². The first-order chi connectivity index (χ1) is 15.7. The van der Waals surface area contributed by atoms with E-state index in [4.69, 9.17) is 4.74 Å². The van der Waals surface area contributed by atoms with Crippen LogP contribution in [0.1, 0.15) is 33.4 Å². The molecule has 0 aliphatic carbocycles. The van der Waals surface area contributed by atoms with Gasteiger partial charge in [-0.15, -0.1) is 11.3 Å². The van der Waals surface area contributed by atoms with Gasteiger partial charge in [0, 0.05) is 31.0 Å². The van der Waals surface area contributed by atoms with Gasteiger partial charge in [0.25, 0.3) is 11.8 Å². The van der Waals surface area contributed by atoms with Gasteiger partial charge in [-0.05, 0) is 61.2 Å². The molecule has 0 fully saturated rings. The maximum absolute atomic E-state index is 12.9. The monoisotopic (exact) mass is 448 g/mol. The van der Waals surface area contributed by atoms with E-state index >= 15 is 0 Å². The maximum Gasteiger partial charge on any atom is 0.265 e. The van der Waals surface area contributed by atoms with Gasteiger partial charge in [-0.3, -0.25) is 14.9 Å². The van der Waals surface area contributed by atoms with Gasteiger partial charge in [-0.1, -0.05) is 18.2 Å². The number of benzene rings is 2. The molecule has 4 aromatic rings. The predicted octanol–water partition coefficient (Wildman–Crippen LogP) is 5.03. The molecule has 4 rings (SSSR count). The van der Waals surface area contributed by atoms with E-state index < -0.39 is 0 Å². The number of carbonyl (C=O) groups is 2. The third-order valence-corrected chi connectivity index (χ3v) is 5.77. The highest BCUT2D eigenvalue weighted by atomic mass is 32.1. The van der Waals surface area contributed by atoms with Crippen molar-refractivity contribution >= 4 is 45.8 Å². The van der Waals surface area contributed by atoms with Gasteiger partial charge in [-0.25, -0.2) is 4.98 Å². The summed E-state index contributed by atoms with van der Waals surface area (Å²) in [7, 11) is 0. The van der Waals surface area contributed by atoms with Crippen LogP contribution in [0.3, 0.4) is 0 Å². The number of fused-ring (bicyclic) bond motifs is 1. The van der Waals surface area contributed by atoms with Gasteiger partial charge in [-0.2, -0.15) is 0 Å². The molecule has 2 N–H and O–H groups in total. The van der Waals surface area contributed by atoms with Gasteiger partial charge in [0.2, 0.25) is 5.95 Å². The first kappa shape index (κ1) is 21.7. The molecule has 0 atom stereocenters. The summed E-state index contributed by atoms with van der Waals surface area (Å²) in [5.41, 5.74) is 2.90. The lowest BCUT2D eigenvalue weighted by Crippen LogP contribution is -2.17. The summed E-state index contributed by atoms with van der Waals surface area (Å²) in [5, 5.41) is 7.61. The molecule has 2 heterocycles. The van der Waals surface area contributed by atoms with Gasteiger partial charge in [0.05, 0.1) is 15.9 Å². The van der Waals surface area contributed by atoms with Gasteiger partial charge in [0.15, 0.2) is 0 Å². The number of para-hydroxylation sites is 2. The van der Waals surface area contributed by atoms with Crippen LogP contribution in [0.15, 0.2) is 66.0 Å².